The average Bonchev–Trinajstić information content (AvgIpc) is 2.87. The molecule has 0 N–H and O–H groups in total. The van der Waals surface area contributed by atoms with Gasteiger partial charge in [0.1, 0.15) is 17.7 Å². The molecule has 0 aromatic heterocycles. The molecule has 2 aliphatic heterocycles. The Labute approximate surface area is 179 Å². The molecule has 1 amide bonds. The summed E-state index contributed by atoms with van der Waals surface area (Å²) in [5.74, 6) is 0.635. The number of piperidine rings is 1. The van der Waals surface area contributed by atoms with Crippen molar-refractivity contribution in [2.24, 2.45) is 0 Å². The van der Waals surface area contributed by atoms with E-state index in [2.05, 4.69) is 26.9 Å². The van der Waals surface area contributed by atoms with Crippen LogP contribution in [0.25, 0.3) is 0 Å². The summed E-state index contributed by atoms with van der Waals surface area (Å²) in [6.45, 7) is 4.38. The third-order valence-corrected chi connectivity index (χ3v) is 6.29. The smallest absolute Gasteiger partial charge is 0.254 e. The second kappa shape index (κ2) is 9.26. The van der Waals surface area contributed by atoms with Crippen LogP contribution in [0.3, 0.4) is 0 Å². The minimum atomic E-state index is -0.245. The van der Waals surface area contributed by atoms with Crippen molar-refractivity contribution in [3.63, 3.8) is 0 Å². The Hall–Kier alpha value is -1.92. The first-order chi connectivity index (χ1) is 14.1. The number of hydrogen-bond acceptors (Lipinski definition) is 3. The number of halogens is 2. The second-order valence-electron chi connectivity index (χ2n) is 7.81. The minimum Gasteiger partial charge on any atom is -0.490 e. The van der Waals surface area contributed by atoms with Crippen LogP contribution in [0.5, 0.6) is 5.75 Å². The summed E-state index contributed by atoms with van der Waals surface area (Å²) in [5.41, 5.74) is 1.99. The summed E-state index contributed by atoms with van der Waals surface area (Å²) in [6.07, 6.45) is 4.01. The van der Waals surface area contributed by atoms with Gasteiger partial charge in [0.25, 0.3) is 5.91 Å². The number of amides is 1. The van der Waals surface area contributed by atoms with Crippen molar-refractivity contribution in [2.45, 2.75) is 31.8 Å². The molecular weight excluding hydrogens is 435 g/mol. The van der Waals surface area contributed by atoms with Crippen molar-refractivity contribution in [3.8, 4) is 5.75 Å². The maximum Gasteiger partial charge on any atom is 0.254 e. The van der Waals surface area contributed by atoms with Crippen LogP contribution in [0, 0.1) is 5.82 Å². The Morgan fingerprint density at radius 1 is 1.03 bits per heavy atom. The Balaban J connectivity index is 1.26. The lowest BCUT2D eigenvalue weighted by Gasteiger charge is -2.33. The number of nitrogens with zero attached hydrogens (tertiary/aromatic N) is 2. The van der Waals surface area contributed by atoms with Crippen molar-refractivity contribution in [1.82, 2.24) is 9.80 Å². The summed E-state index contributed by atoms with van der Waals surface area (Å²) in [6, 6.07) is 12.2. The Kier molecular flexibility index (Phi) is 6.50. The van der Waals surface area contributed by atoms with Gasteiger partial charge in [-0.25, -0.2) is 4.39 Å². The molecule has 0 atom stereocenters. The molecule has 2 aliphatic rings. The first kappa shape index (κ1) is 20.4. The molecule has 0 radical (unpaired) electrons. The molecule has 1 fully saturated rings. The molecule has 1 saturated heterocycles. The van der Waals surface area contributed by atoms with Crippen LogP contribution in [0.4, 0.5) is 4.39 Å². The number of ether oxygens (including phenoxy) is 1. The van der Waals surface area contributed by atoms with Gasteiger partial charge < -0.3 is 14.5 Å². The SMILES string of the molecule is O=C1c2ccc(Br)cc2CCCN1CCN1CCC(Oc2ccc(F)cc2)CC1. The van der Waals surface area contributed by atoms with E-state index in [-0.39, 0.29) is 17.8 Å². The zero-order valence-corrected chi connectivity index (χ0v) is 18.0. The molecule has 6 heteroatoms. The molecule has 2 aromatic rings. The lowest BCUT2D eigenvalue weighted by molar-refractivity contribution is 0.0687. The molecule has 0 spiro atoms. The van der Waals surface area contributed by atoms with Crippen LogP contribution >= 0.6 is 15.9 Å². The number of benzene rings is 2. The topological polar surface area (TPSA) is 32.8 Å². The Bertz CT molecular complexity index is 850. The predicted molar refractivity (Wildman–Crippen MR) is 115 cm³/mol. The second-order valence-corrected chi connectivity index (χ2v) is 8.73. The predicted octanol–water partition coefficient (Wildman–Crippen LogP) is 4.52. The number of hydrogen-bond donors (Lipinski definition) is 0. The van der Waals surface area contributed by atoms with Gasteiger partial charge in [-0.2, -0.15) is 0 Å². The van der Waals surface area contributed by atoms with E-state index in [1.54, 1.807) is 12.1 Å². The fourth-order valence-corrected chi connectivity index (χ4v) is 4.55. The zero-order chi connectivity index (χ0) is 20.2. The molecule has 0 saturated carbocycles. The number of likely N-dealkylation sites (tertiary alicyclic amines) is 1. The minimum absolute atomic E-state index is 0.152. The van der Waals surface area contributed by atoms with Crippen LogP contribution in [-0.4, -0.2) is 54.5 Å². The molecular formula is C23H26BrFN2O2. The van der Waals surface area contributed by atoms with E-state index < -0.39 is 0 Å². The number of carbonyl (C=O) groups excluding carboxylic acids is 1. The maximum atomic E-state index is 13.0. The maximum absolute atomic E-state index is 13.0. The van der Waals surface area contributed by atoms with E-state index in [4.69, 9.17) is 4.74 Å². The van der Waals surface area contributed by atoms with E-state index in [0.29, 0.717) is 0 Å². The molecule has 0 aliphatic carbocycles. The van der Waals surface area contributed by atoms with Gasteiger partial charge in [0.2, 0.25) is 0 Å². The molecule has 0 unspecified atom stereocenters. The fraction of sp³-hybridized carbons (Fsp3) is 0.435. The highest BCUT2D eigenvalue weighted by molar-refractivity contribution is 9.10. The van der Waals surface area contributed by atoms with Crippen LogP contribution in [0.1, 0.15) is 35.2 Å². The van der Waals surface area contributed by atoms with Crippen LogP contribution in [0.2, 0.25) is 0 Å². The van der Waals surface area contributed by atoms with Crippen LogP contribution in [-0.2, 0) is 6.42 Å². The van der Waals surface area contributed by atoms with Gasteiger partial charge in [0.05, 0.1) is 0 Å². The van der Waals surface area contributed by atoms with Crippen molar-refractivity contribution in [3.05, 3.63) is 63.9 Å². The van der Waals surface area contributed by atoms with E-state index >= 15 is 0 Å². The zero-order valence-electron chi connectivity index (χ0n) is 16.4. The van der Waals surface area contributed by atoms with E-state index in [0.717, 1.165) is 79.8 Å². The van der Waals surface area contributed by atoms with Gasteiger partial charge in [0, 0.05) is 42.8 Å². The van der Waals surface area contributed by atoms with Gasteiger partial charge in [-0.1, -0.05) is 15.9 Å². The summed E-state index contributed by atoms with van der Waals surface area (Å²) < 4.78 is 20.0. The number of rotatable bonds is 5. The third kappa shape index (κ3) is 5.17. The summed E-state index contributed by atoms with van der Waals surface area (Å²) in [7, 11) is 0. The number of carbonyl (C=O) groups is 1. The Morgan fingerprint density at radius 3 is 2.55 bits per heavy atom. The summed E-state index contributed by atoms with van der Waals surface area (Å²) >= 11 is 3.50. The van der Waals surface area contributed by atoms with Gasteiger partial charge in [-0.05, 0) is 73.7 Å². The van der Waals surface area contributed by atoms with Crippen LogP contribution in [0.15, 0.2) is 46.9 Å². The van der Waals surface area contributed by atoms with Crippen molar-refractivity contribution in [2.75, 3.05) is 32.7 Å². The lowest BCUT2D eigenvalue weighted by Crippen LogP contribution is -2.43. The summed E-state index contributed by atoms with van der Waals surface area (Å²) in [4.78, 5) is 17.4. The lowest BCUT2D eigenvalue weighted by atomic mass is 10.0. The van der Waals surface area contributed by atoms with Crippen molar-refractivity contribution in [1.29, 1.82) is 0 Å². The molecule has 29 heavy (non-hydrogen) atoms. The monoisotopic (exact) mass is 460 g/mol. The van der Waals surface area contributed by atoms with Gasteiger partial charge in [-0.15, -0.1) is 0 Å². The molecule has 0 bridgehead atoms. The number of fused-ring (bicyclic) bond motifs is 1. The first-order valence-corrected chi connectivity index (χ1v) is 11.1. The molecule has 154 valence electrons. The highest BCUT2D eigenvalue weighted by Gasteiger charge is 2.25. The highest BCUT2D eigenvalue weighted by atomic mass is 79.9. The van der Waals surface area contributed by atoms with E-state index in [1.807, 2.05) is 17.0 Å². The standard InChI is InChI=1S/C23H26BrFN2O2/c24-18-3-8-22-17(16-18)2-1-11-27(23(22)28)15-14-26-12-9-21(10-13-26)29-20-6-4-19(25)5-7-20/h3-8,16,21H,1-2,9-15H2. The molecule has 4 rings (SSSR count). The van der Waals surface area contributed by atoms with Crippen LogP contribution < -0.4 is 4.74 Å². The van der Waals surface area contributed by atoms with Gasteiger partial charge in [0.15, 0.2) is 0 Å². The quantitative estimate of drug-likeness (QED) is 0.657. The van der Waals surface area contributed by atoms with Gasteiger partial charge >= 0.3 is 0 Å². The van der Waals surface area contributed by atoms with Crippen molar-refractivity contribution < 1.29 is 13.9 Å². The van der Waals surface area contributed by atoms with E-state index in [1.165, 1.54) is 12.1 Å². The van der Waals surface area contributed by atoms with Gasteiger partial charge in [-0.3, -0.25) is 4.79 Å². The molecule has 2 aromatic carbocycles. The molecule has 2 heterocycles. The first-order valence-electron chi connectivity index (χ1n) is 10.3. The Morgan fingerprint density at radius 2 is 1.79 bits per heavy atom. The van der Waals surface area contributed by atoms with Crippen molar-refractivity contribution >= 4 is 21.8 Å². The third-order valence-electron chi connectivity index (χ3n) is 5.80. The summed E-state index contributed by atoms with van der Waals surface area (Å²) in [5, 5.41) is 0. The average molecular weight is 461 g/mol. The molecule has 4 nitrogen and oxygen atoms in total. The number of aryl methyl sites for hydroxylation is 1. The largest absolute Gasteiger partial charge is 0.490 e. The normalized spacial score (nSPS) is 18.4. The van der Waals surface area contributed by atoms with E-state index in [9.17, 15) is 9.18 Å². The fourth-order valence-electron chi connectivity index (χ4n) is 4.14. The highest BCUT2D eigenvalue weighted by Crippen LogP contribution is 2.23.